The Balaban J connectivity index is 1.24. The molecule has 9 nitrogen and oxygen atoms in total. The van der Waals surface area contributed by atoms with E-state index in [2.05, 4.69) is 30.1 Å². The lowest BCUT2D eigenvalue weighted by molar-refractivity contribution is 0.305. The van der Waals surface area contributed by atoms with Crippen LogP contribution in [-0.2, 0) is 6.61 Å². The molecule has 0 atom stereocenters. The molecule has 0 radical (unpaired) electrons. The normalized spacial score (nSPS) is 11.3. The molecule has 0 amide bonds. The number of fused-ring (bicyclic) bond motifs is 2. The molecule has 0 bridgehead atoms. The van der Waals surface area contributed by atoms with Crippen LogP contribution in [0, 0.1) is 5.82 Å². The highest BCUT2D eigenvalue weighted by Crippen LogP contribution is 2.33. The zero-order valence-corrected chi connectivity index (χ0v) is 21.8. The molecule has 0 aliphatic carbocycles. The first-order chi connectivity index (χ1) is 20.1. The highest BCUT2D eigenvalue weighted by molar-refractivity contribution is 5.97. The van der Waals surface area contributed by atoms with E-state index in [-0.39, 0.29) is 0 Å². The highest BCUT2D eigenvalue weighted by atomic mass is 19.1. The molecule has 0 fully saturated rings. The van der Waals surface area contributed by atoms with E-state index in [1.165, 1.54) is 19.2 Å². The van der Waals surface area contributed by atoms with Crippen molar-refractivity contribution in [2.24, 2.45) is 0 Å². The number of nitrogens with zero attached hydrogens (tertiary/aromatic N) is 5. The highest BCUT2D eigenvalue weighted by Gasteiger charge is 2.17. The Hall–Kier alpha value is -5.64. The SMILES string of the molecule is COc1cc(F)cc(-c2cncc3[nH]c(-c4n[nH]c5cnc(-c6cncc(OCc7ccccc7)c6)cc45)nc23)c1. The molecule has 2 aromatic carbocycles. The Morgan fingerprint density at radius 2 is 1.68 bits per heavy atom. The van der Waals surface area contributed by atoms with Gasteiger partial charge < -0.3 is 14.5 Å². The molecular weight excluding hydrogens is 521 g/mol. The summed E-state index contributed by atoms with van der Waals surface area (Å²) >= 11 is 0. The van der Waals surface area contributed by atoms with Gasteiger partial charge in [-0.2, -0.15) is 5.10 Å². The Kier molecular flexibility index (Phi) is 6.05. The van der Waals surface area contributed by atoms with Crippen LogP contribution in [0.5, 0.6) is 11.5 Å². The van der Waals surface area contributed by atoms with Crippen LogP contribution in [0.3, 0.4) is 0 Å². The zero-order valence-electron chi connectivity index (χ0n) is 21.8. The number of halogens is 1. The number of benzene rings is 2. The molecule has 2 N–H and O–H groups in total. The maximum absolute atomic E-state index is 14.3. The van der Waals surface area contributed by atoms with Crippen LogP contribution in [0.1, 0.15) is 5.56 Å². The summed E-state index contributed by atoms with van der Waals surface area (Å²) in [7, 11) is 1.50. The first-order valence-corrected chi connectivity index (χ1v) is 12.8. The molecule has 0 spiro atoms. The minimum Gasteiger partial charge on any atom is -0.497 e. The molecule has 0 unspecified atom stereocenters. The smallest absolute Gasteiger partial charge is 0.159 e. The number of nitrogens with one attached hydrogen (secondary N) is 2. The third kappa shape index (κ3) is 4.71. The number of aromatic nitrogens is 7. The molecule has 0 aliphatic heterocycles. The van der Waals surface area contributed by atoms with E-state index < -0.39 is 5.82 Å². The van der Waals surface area contributed by atoms with E-state index in [0.29, 0.717) is 57.5 Å². The van der Waals surface area contributed by atoms with Crippen LogP contribution in [0.25, 0.3) is 55.8 Å². The molecule has 10 heteroatoms. The van der Waals surface area contributed by atoms with Gasteiger partial charge in [-0.1, -0.05) is 30.3 Å². The van der Waals surface area contributed by atoms with Gasteiger partial charge in [-0.25, -0.2) is 9.37 Å². The number of methoxy groups -OCH3 is 1. The molecule has 5 heterocycles. The molecule has 7 aromatic rings. The summed E-state index contributed by atoms with van der Waals surface area (Å²) in [6.45, 7) is 0.440. The summed E-state index contributed by atoms with van der Waals surface area (Å²) in [6.07, 6.45) is 8.50. The van der Waals surface area contributed by atoms with Crippen molar-refractivity contribution >= 4 is 21.9 Å². The quantitative estimate of drug-likeness (QED) is 0.241. The van der Waals surface area contributed by atoms with Crippen LogP contribution in [0.15, 0.2) is 91.6 Å². The van der Waals surface area contributed by atoms with E-state index in [9.17, 15) is 4.39 Å². The molecule has 0 saturated carbocycles. The van der Waals surface area contributed by atoms with Crippen LogP contribution >= 0.6 is 0 Å². The summed E-state index contributed by atoms with van der Waals surface area (Å²) in [5.74, 6) is 1.19. The predicted molar refractivity (Wildman–Crippen MR) is 153 cm³/mol. The first-order valence-electron chi connectivity index (χ1n) is 12.8. The van der Waals surface area contributed by atoms with Gasteiger partial charge >= 0.3 is 0 Å². The number of pyridine rings is 3. The number of hydrogen-bond donors (Lipinski definition) is 2. The third-order valence-electron chi connectivity index (χ3n) is 6.74. The summed E-state index contributed by atoms with van der Waals surface area (Å²) in [4.78, 5) is 21.5. The fraction of sp³-hybridized carbons (Fsp3) is 0.0645. The van der Waals surface area contributed by atoms with Crippen molar-refractivity contribution in [2.75, 3.05) is 7.11 Å². The Labute approximate surface area is 233 Å². The molecule has 7 rings (SSSR count). The fourth-order valence-corrected chi connectivity index (χ4v) is 4.73. The second kappa shape index (κ2) is 10.2. The molecule has 200 valence electrons. The molecule has 5 aromatic heterocycles. The number of H-pyrrole nitrogens is 2. The topological polar surface area (TPSA) is 114 Å². The van der Waals surface area contributed by atoms with E-state index in [1.807, 2.05) is 42.5 Å². The van der Waals surface area contributed by atoms with Crippen LogP contribution in [0.2, 0.25) is 0 Å². The molecule has 0 aliphatic rings. The van der Waals surface area contributed by atoms with Crippen molar-refractivity contribution in [2.45, 2.75) is 6.61 Å². The van der Waals surface area contributed by atoms with E-state index in [4.69, 9.17) is 14.5 Å². The van der Waals surface area contributed by atoms with E-state index in [1.54, 1.807) is 37.1 Å². The van der Waals surface area contributed by atoms with Gasteiger partial charge in [0, 0.05) is 35.0 Å². The standard InChI is InChI=1S/C31H22FN7O2/c1-40-22-8-19(7-21(32)10-22)25-14-34-15-28-29(25)37-31(36-28)30-24-11-26(35-16-27(24)38-39-30)20-9-23(13-33-12-20)41-17-18-5-3-2-4-6-18/h2-16H,17H2,1H3,(H,36,37)(H,38,39). The van der Waals surface area contributed by atoms with Crippen molar-refractivity contribution < 1.29 is 13.9 Å². The van der Waals surface area contributed by atoms with Gasteiger partial charge in [-0.15, -0.1) is 0 Å². The minimum atomic E-state index is -0.408. The lowest BCUT2D eigenvalue weighted by Crippen LogP contribution is -1.96. The lowest BCUT2D eigenvalue weighted by atomic mass is 10.1. The van der Waals surface area contributed by atoms with Gasteiger partial charge in [0.25, 0.3) is 0 Å². The van der Waals surface area contributed by atoms with E-state index >= 15 is 0 Å². The predicted octanol–water partition coefficient (Wildman–Crippen LogP) is 6.35. The maximum Gasteiger partial charge on any atom is 0.159 e. The fourth-order valence-electron chi connectivity index (χ4n) is 4.73. The third-order valence-corrected chi connectivity index (χ3v) is 6.74. The van der Waals surface area contributed by atoms with Crippen molar-refractivity contribution in [1.29, 1.82) is 0 Å². The second-order valence-electron chi connectivity index (χ2n) is 9.42. The monoisotopic (exact) mass is 543 g/mol. The zero-order chi connectivity index (χ0) is 27.8. The van der Waals surface area contributed by atoms with Crippen LogP contribution in [0.4, 0.5) is 4.39 Å². The van der Waals surface area contributed by atoms with Crippen molar-refractivity contribution in [1.82, 2.24) is 35.1 Å². The molecule has 0 saturated heterocycles. The summed E-state index contributed by atoms with van der Waals surface area (Å²) in [6, 6.07) is 18.3. The van der Waals surface area contributed by atoms with Gasteiger partial charge in [-0.05, 0) is 35.4 Å². The number of aromatic amines is 2. The summed E-state index contributed by atoms with van der Waals surface area (Å²) in [5, 5.41) is 8.38. The minimum absolute atomic E-state index is 0.408. The number of rotatable bonds is 7. The maximum atomic E-state index is 14.3. The van der Waals surface area contributed by atoms with E-state index in [0.717, 1.165) is 22.0 Å². The second-order valence-corrected chi connectivity index (χ2v) is 9.42. The number of ether oxygens (including phenoxy) is 2. The van der Waals surface area contributed by atoms with Crippen molar-refractivity contribution in [3.8, 4) is 45.4 Å². The van der Waals surface area contributed by atoms with Crippen molar-refractivity contribution in [3.63, 3.8) is 0 Å². The molecular formula is C31H22FN7O2. The number of imidazole rings is 1. The Bertz CT molecular complexity index is 2020. The van der Waals surface area contributed by atoms with Gasteiger partial charge in [0.15, 0.2) is 5.82 Å². The van der Waals surface area contributed by atoms with Gasteiger partial charge in [0.2, 0.25) is 0 Å². The summed E-state index contributed by atoms with van der Waals surface area (Å²) < 4.78 is 25.5. The average molecular weight is 544 g/mol. The van der Waals surface area contributed by atoms with Crippen LogP contribution < -0.4 is 9.47 Å². The lowest BCUT2D eigenvalue weighted by Gasteiger charge is -2.08. The van der Waals surface area contributed by atoms with Gasteiger partial charge in [-0.3, -0.25) is 20.1 Å². The Morgan fingerprint density at radius 1 is 0.829 bits per heavy atom. The molecule has 41 heavy (non-hydrogen) atoms. The number of hydrogen-bond acceptors (Lipinski definition) is 7. The van der Waals surface area contributed by atoms with Crippen LogP contribution in [-0.4, -0.2) is 42.2 Å². The van der Waals surface area contributed by atoms with Gasteiger partial charge in [0.05, 0.1) is 47.9 Å². The first kappa shape index (κ1) is 24.4. The van der Waals surface area contributed by atoms with Gasteiger partial charge in [0.1, 0.15) is 29.6 Å². The Morgan fingerprint density at radius 3 is 2.56 bits per heavy atom. The largest absolute Gasteiger partial charge is 0.497 e. The summed E-state index contributed by atoms with van der Waals surface area (Å²) in [5.41, 5.74) is 6.57. The van der Waals surface area contributed by atoms with Crippen molar-refractivity contribution in [3.05, 3.63) is 103 Å². The average Bonchev–Trinajstić information content (AvgIpc) is 3.64.